The van der Waals surface area contributed by atoms with Gasteiger partial charge in [-0.3, -0.25) is 9.36 Å². The topological polar surface area (TPSA) is 58.9 Å². The highest BCUT2D eigenvalue weighted by molar-refractivity contribution is 6.33. The number of para-hydroxylation sites is 1. The first kappa shape index (κ1) is 16.9. The van der Waals surface area contributed by atoms with Crippen LogP contribution in [-0.4, -0.2) is 10.5 Å². The van der Waals surface area contributed by atoms with Gasteiger partial charge in [-0.15, -0.1) is 0 Å². The fraction of sp³-hybridized carbons (Fsp3) is 0. The van der Waals surface area contributed by atoms with Crippen LogP contribution in [-0.2, 0) is 0 Å². The third-order valence-electron chi connectivity index (χ3n) is 4.23. The summed E-state index contributed by atoms with van der Waals surface area (Å²) in [5.74, 6) is 0.907. The third-order valence-corrected chi connectivity index (χ3v) is 4.56. The number of rotatable bonds is 3. The van der Waals surface area contributed by atoms with E-state index in [9.17, 15) is 10.1 Å². The Hall–Kier alpha value is -3.55. The van der Waals surface area contributed by atoms with Crippen LogP contribution in [0.25, 0.3) is 28.3 Å². The lowest BCUT2D eigenvalue weighted by molar-refractivity contribution is 0.0974. The third kappa shape index (κ3) is 3.17. The summed E-state index contributed by atoms with van der Waals surface area (Å²) in [5.41, 5.74) is 1.95. The number of aromatic nitrogens is 1. The smallest absolute Gasteiger partial charge is 0.255 e. The van der Waals surface area contributed by atoms with Crippen molar-refractivity contribution in [2.45, 2.75) is 0 Å². The lowest BCUT2D eigenvalue weighted by Crippen LogP contribution is -2.04. The maximum Gasteiger partial charge on any atom is 0.255 e. The Labute approximate surface area is 160 Å². The zero-order valence-corrected chi connectivity index (χ0v) is 14.9. The Morgan fingerprint density at radius 2 is 1.85 bits per heavy atom. The van der Waals surface area contributed by atoms with Gasteiger partial charge in [0.05, 0.1) is 16.1 Å². The van der Waals surface area contributed by atoms with Gasteiger partial charge in [0, 0.05) is 23.2 Å². The van der Waals surface area contributed by atoms with Gasteiger partial charge in [0.1, 0.15) is 17.6 Å². The number of allylic oxidation sites excluding steroid dienone is 1. The lowest BCUT2D eigenvalue weighted by Gasteiger charge is -1.99. The minimum absolute atomic E-state index is 0.261. The zero-order valence-electron chi connectivity index (χ0n) is 14.1. The van der Waals surface area contributed by atoms with Crippen molar-refractivity contribution in [1.29, 1.82) is 5.26 Å². The van der Waals surface area contributed by atoms with E-state index in [1.54, 1.807) is 24.4 Å². The molecule has 130 valence electrons. The first-order chi connectivity index (χ1) is 13.2. The van der Waals surface area contributed by atoms with Crippen LogP contribution >= 0.6 is 11.6 Å². The number of carbonyl (C=O) groups excluding carboxylic acids is 1. The molecule has 0 N–H and O–H groups in total. The molecule has 0 unspecified atom stereocenters. The SMILES string of the molecule is N#Cc1cn(C(=O)/C=C/c2ccc(-c3ccccc3Cl)o2)c2ccccc12. The highest BCUT2D eigenvalue weighted by atomic mass is 35.5. The van der Waals surface area contributed by atoms with Gasteiger partial charge in [0.2, 0.25) is 0 Å². The quantitative estimate of drug-likeness (QED) is 0.428. The fourth-order valence-electron chi connectivity index (χ4n) is 2.93. The number of carbonyl (C=O) groups is 1. The monoisotopic (exact) mass is 372 g/mol. The predicted molar refractivity (Wildman–Crippen MR) is 105 cm³/mol. The summed E-state index contributed by atoms with van der Waals surface area (Å²) in [6, 6.07) is 20.4. The Kier molecular flexibility index (Phi) is 4.37. The maximum absolute atomic E-state index is 12.6. The number of nitriles is 1. The molecule has 2 aromatic carbocycles. The summed E-state index contributed by atoms with van der Waals surface area (Å²) in [4.78, 5) is 12.6. The number of fused-ring (bicyclic) bond motifs is 1. The fourth-order valence-corrected chi connectivity index (χ4v) is 3.16. The second kappa shape index (κ2) is 6.99. The largest absolute Gasteiger partial charge is 0.457 e. The van der Waals surface area contributed by atoms with E-state index in [2.05, 4.69) is 6.07 Å². The highest BCUT2D eigenvalue weighted by Gasteiger charge is 2.12. The summed E-state index contributed by atoms with van der Waals surface area (Å²) >= 11 is 6.19. The standard InChI is InChI=1S/C22H13ClN2O2/c23-19-7-3-1-6-18(19)21-11-9-16(27-21)10-12-22(26)25-14-15(13-24)17-5-2-4-8-20(17)25/h1-12,14H/b12-10+. The highest BCUT2D eigenvalue weighted by Crippen LogP contribution is 2.29. The van der Waals surface area contributed by atoms with Gasteiger partial charge < -0.3 is 4.42 Å². The molecule has 4 rings (SSSR count). The van der Waals surface area contributed by atoms with Crippen molar-refractivity contribution in [3.63, 3.8) is 0 Å². The predicted octanol–water partition coefficient (Wildman–Crippen LogP) is 5.78. The zero-order chi connectivity index (χ0) is 18.8. The molecule has 27 heavy (non-hydrogen) atoms. The molecule has 2 heterocycles. The molecule has 5 heteroatoms. The van der Waals surface area contributed by atoms with E-state index in [0.717, 1.165) is 10.9 Å². The Morgan fingerprint density at radius 1 is 1.07 bits per heavy atom. The molecule has 0 spiro atoms. The molecule has 0 aliphatic rings. The molecular weight excluding hydrogens is 360 g/mol. The summed E-state index contributed by atoms with van der Waals surface area (Å²) in [6.07, 6.45) is 4.57. The van der Waals surface area contributed by atoms with E-state index >= 15 is 0 Å². The van der Waals surface area contributed by atoms with Gasteiger partial charge in [-0.05, 0) is 36.4 Å². The molecule has 0 fully saturated rings. The Balaban J connectivity index is 1.62. The minimum atomic E-state index is -0.261. The first-order valence-corrected chi connectivity index (χ1v) is 8.62. The van der Waals surface area contributed by atoms with E-state index in [1.807, 2.05) is 48.5 Å². The van der Waals surface area contributed by atoms with Crippen molar-refractivity contribution in [3.05, 3.63) is 89.3 Å². The lowest BCUT2D eigenvalue weighted by atomic mass is 10.2. The number of hydrogen-bond acceptors (Lipinski definition) is 3. The van der Waals surface area contributed by atoms with Crippen molar-refractivity contribution in [2.24, 2.45) is 0 Å². The summed E-state index contributed by atoms with van der Waals surface area (Å²) in [6.45, 7) is 0. The molecule has 0 bridgehead atoms. The summed E-state index contributed by atoms with van der Waals surface area (Å²) < 4.78 is 7.23. The molecule has 0 saturated carbocycles. The summed E-state index contributed by atoms with van der Waals surface area (Å²) in [5, 5.41) is 10.6. The van der Waals surface area contributed by atoms with Crippen molar-refractivity contribution in [2.75, 3.05) is 0 Å². The van der Waals surface area contributed by atoms with Crippen LogP contribution in [0.1, 0.15) is 16.1 Å². The van der Waals surface area contributed by atoms with Crippen LogP contribution in [0.5, 0.6) is 0 Å². The van der Waals surface area contributed by atoms with Crippen LogP contribution in [0.2, 0.25) is 5.02 Å². The number of hydrogen-bond donors (Lipinski definition) is 0. The van der Waals surface area contributed by atoms with E-state index in [4.69, 9.17) is 16.0 Å². The molecule has 0 saturated heterocycles. The molecule has 0 radical (unpaired) electrons. The van der Waals surface area contributed by atoms with Gasteiger partial charge in [0.25, 0.3) is 5.91 Å². The van der Waals surface area contributed by atoms with Gasteiger partial charge in [-0.1, -0.05) is 41.9 Å². The van der Waals surface area contributed by atoms with Crippen LogP contribution < -0.4 is 0 Å². The molecule has 4 aromatic rings. The molecule has 2 aromatic heterocycles. The molecule has 0 amide bonds. The van der Waals surface area contributed by atoms with E-state index < -0.39 is 0 Å². The molecule has 0 aliphatic heterocycles. The van der Waals surface area contributed by atoms with Crippen LogP contribution in [0, 0.1) is 11.3 Å². The minimum Gasteiger partial charge on any atom is -0.457 e. The maximum atomic E-state index is 12.6. The van der Waals surface area contributed by atoms with Crippen molar-refractivity contribution in [3.8, 4) is 17.4 Å². The average Bonchev–Trinajstić information content (AvgIpc) is 3.31. The molecule has 0 atom stereocenters. The van der Waals surface area contributed by atoms with Gasteiger partial charge in [0.15, 0.2) is 0 Å². The van der Waals surface area contributed by atoms with Crippen LogP contribution in [0.15, 0.2) is 77.4 Å². The van der Waals surface area contributed by atoms with Gasteiger partial charge >= 0.3 is 0 Å². The van der Waals surface area contributed by atoms with E-state index in [-0.39, 0.29) is 5.91 Å². The Morgan fingerprint density at radius 3 is 2.67 bits per heavy atom. The Bertz CT molecular complexity index is 1220. The van der Waals surface area contributed by atoms with Gasteiger partial charge in [-0.2, -0.15) is 5.26 Å². The van der Waals surface area contributed by atoms with Crippen molar-refractivity contribution in [1.82, 2.24) is 4.57 Å². The van der Waals surface area contributed by atoms with E-state index in [1.165, 1.54) is 10.6 Å². The van der Waals surface area contributed by atoms with Crippen molar-refractivity contribution < 1.29 is 9.21 Å². The van der Waals surface area contributed by atoms with Crippen LogP contribution in [0.3, 0.4) is 0 Å². The van der Waals surface area contributed by atoms with Crippen LogP contribution in [0.4, 0.5) is 0 Å². The number of halogens is 1. The molecular formula is C22H13ClN2O2. The normalized spacial score (nSPS) is 11.1. The number of nitrogens with zero attached hydrogens (tertiary/aromatic N) is 2. The first-order valence-electron chi connectivity index (χ1n) is 8.25. The second-order valence-electron chi connectivity index (χ2n) is 5.90. The van der Waals surface area contributed by atoms with E-state index in [0.29, 0.717) is 27.6 Å². The van der Waals surface area contributed by atoms with Crippen molar-refractivity contribution >= 4 is 34.5 Å². The van der Waals surface area contributed by atoms with Gasteiger partial charge in [-0.25, -0.2) is 0 Å². The number of furan rings is 1. The second-order valence-corrected chi connectivity index (χ2v) is 6.30. The molecule has 4 nitrogen and oxygen atoms in total. The molecule has 0 aliphatic carbocycles. The average molecular weight is 373 g/mol. The number of benzene rings is 2. The summed E-state index contributed by atoms with van der Waals surface area (Å²) in [7, 11) is 0.